The van der Waals surface area contributed by atoms with Crippen LogP contribution in [0.5, 0.6) is 0 Å². The lowest BCUT2D eigenvalue weighted by Gasteiger charge is -2.43. The zero-order chi connectivity index (χ0) is 19.6. The van der Waals surface area contributed by atoms with Gasteiger partial charge in [-0.2, -0.15) is 0 Å². The van der Waals surface area contributed by atoms with Gasteiger partial charge in [-0.05, 0) is 51.0 Å². The summed E-state index contributed by atoms with van der Waals surface area (Å²) >= 11 is 0. The molecule has 148 valence electrons. The molecule has 27 heavy (non-hydrogen) atoms. The zero-order valence-corrected chi connectivity index (χ0v) is 16.0. The molecule has 2 heterocycles. The lowest BCUT2D eigenvalue weighted by molar-refractivity contribution is -0.151. The van der Waals surface area contributed by atoms with Gasteiger partial charge >= 0.3 is 5.97 Å². The van der Waals surface area contributed by atoms with Crippen LogP contribution in [-0.4, -0.2) is 71.6 Å². The molecular weight excluding hydrogens is 349 g/mol. The monoisotopic (exact) mass is 377 g/mol. The van der Waals surface area contributed by atoms with E-state index in [2.05, 4.69) is 9.80 Å². The van der Waals surface area contributed by atoms with Crippen LogP contribution in [0.4, 0.5) is 10.1 Å². The molecule has 1 aromatic rings. The number of likely N-dealkylation sites (tertiary alicyclic amines) is 1. The quantitative estimate of drug-likeness (QED) is 0.870. The van der Waals surface area contributed by atoms with Crippen LogP contribution < -0.4 is 4.90 Å². The summed E-state index contributed by atoms with van der Waals surface area (Å²) in [5, 5.41) is 9.37. The van der Waals surface area contributed by atoms with Crippen LogP contribution >= 0.6 is 0 Å². The number of aliphatic carboxylic acids is 1. The summed E-state index contributed by atoms with van der Waals surface area (Å²) in [5.74, 6) is -1.53. The van der Waals surface area contributed by atoms with E-state index in [-0.39, 0.29) is 23.8 Å². The number of carboxylic acid groups (broad SMARTS) is 1. The van der Waals surface area contributed by atoms with Crippen molar-refractivity contribution in [2.75, 3.05) is 37.6 Å². The summed E-state index contributed by atoms with van der Waals surface area (Å²) in [6, 6.07) is 5.94. The smallest absolute Gasteiger partial charge is 0.308 e. The number of benzene rings is 1. The summed E-state index contributed by atoms with van der Waals surface area (Å²) < 4.78 is 13.1. The molecular formula is C20H28FN3O3. The van der Waals surface area contributed by atoms with E-state index in [1.54, 1.807) is 17.0 Å². The van der Waals surface area contributed by atoms with E-state index in [0.717, 1.165) is 38.3 Å². The minimum absolute atomic E-state index is 0.0173. The molecule has 0 bridgehead atoms. The second-order valence-electron chi connectivity index (χ2n) is 7.53. The number of hydrogen-bond donors (Lipinski definition) is 1. The molecule has 3 rings (SSSR count). The molecule has 2 aliphatic heterocycles. The maximum Gasteiger partial charge on any atom is 0.308 e. The SMILES string of the molecule is CC(C(=O)N1CCC[C@H](C(=O)O)[C@@H]1C)N1CCN(c2ccc(F)cc2)CC1. The Kier molecular flexibility index (Phi) is 5.99. The number of piperazine rings is 1. The normalized spacial score (nSPS) is 25.3. The molecule has 0 aromatic heterocycles. The van der Waals surface area contributed by atoms with Crippen LogP contribution in [-0.2, 0) is 9.59 Å². The zero-order valence-electron chi connectivity index (χ0n) is 16.0. The van der Waals surface area contributed by atoms with Gasteiger partial charge in [0.1, 0.15) is 5.82 Å². The number of anilines is 1. The van der Waals surface area contributed by atoms with Crippen molar-refractivity contribution in [1.82, 2.24) is 9.80 Å². The maximum atomic E-state index is 13.1. The third-order valence-electron chi connectivity index (χ3n) is 6.00. The number of halogens is 1. The highest BCUT2D eigenvalue weighted by atomic mass is 19.1. The molecule has 1 N–H and O–H groups in total. The Bertz CT molecular complexity index is 674. The Balaban J connectivity index is 1.58. The fourth-order valence-corrected chi connectivity index (χ4v) is 4.20. The molecule has 2 fully saturated rings. The van der Waals surface area contributed by atoms with Gasteiger partial charge in [0.25, 0.3) is 0 Å². The molecule has 2 saturated heterocycles. The van der Waals surface area contributed by atoms with Gasteiger partial charge in [-0.3, -0.25) is 14.5 Å². The van der Waals surface area contributed by atoms with Gasteiger partial charge in [-0.25, -0.2) is 4.39 Å². The number of carbonyl (C=O) groups excluding carboxylic acids is 1. The van der Waals surface area contributed by atoms with E-state index in [4.69, 9.17) is 0 Å². The number of amides is 1. The molecule has 0 aliphatic carbocycles. The van der Waals surface area contributed by atoms with Crippen molar-refractivity contribution >= 4 is 17.6 Å². The van der Waals surface area contributed by atoms with Gasteiger partial charge in [0, 0.05) is 44.5 Å². The van der Waals surface area contributed by atoms with Crippen molar-refractivity contribution in [1.29, 1.82) is 0 Å². The number of piperidine rings is 1. The Morgan fingerprint density at radius 3 is 2.33 bits per heavy atom. The van der Waals surface area contributed by atoms with Crippen LogP contribution in [0.1, 0.15) is 26.7 Å². The standard InChI is InChI=1S/C20H28FN3O3/c1-14-18(20(26)27)4-3-9-24(14)19(25)15(2)22-10-12-23(13-11-22)17-7-5-16(21)6-8-17/h5-8,14-15,18H,3-4,9-13H2,1-2H3,(H,26,27)/t14-,15?,18-/m0/s1. The first kappa shape index (κ1) is 19.6. The Labute approximate surface area is 159 Å². The minimum atomic E-state index is -0.819. The molecule has 6 nitrogen and oxygen atoms in total. The molecule has 2 aliphatic rings. The van der Waals surface area contributed by atoms with Crippen LogP contribution in [0.25, 0.3) is 0 Å². The van der Waals surface area contributed by atoms with Crippen molar-refractivity contribution < 1.29 is 19.1 Å². The number of nitrogens with zero attached hydrogens (tertiary/aromatic N) is 3. The third-order valence-corrected chi connectivity index (χ3v) is 6.00. The highest BCUT2D eigenvalue weighted by molar-refractivity contribution is 5.83. The van der Waals surface area contributed by atoms with E-state index in [1.165, 1.54) is 12.1 Å². The molecule has 7 heteroatoms. The Morgan fingerprint density at radius 1 is 1.11 bits per heavy atom. The van der Waals surface area contributed by atoms with E-state index >= 15 is 0 Å². The minimum Gasteiger partial charge on any atom is -0.481 e. The largest absolute Gasteiger partial charge is 0.481 e. The van der Waals surface area contributed by atoms with Crippen molar-refractivity contribution in [2.45, 2.75) is 38.8 Å². The summed E-state index contributed by atoms with van der Waals surface area (Å²) in [6.07, 6.45) is 1.36. The van der Waals surface area contributed by atoms with Gasteiger partial charge in [0.15, 0.2) is 0 Å². The van der Waals surface area contributed by atoms with Crippen molar-refractivity contribution in [3.8, 4) is 0 Å². The van der Waals surface area contributed by atoms with Crippen LogP contribution in [0.2, 0.25) is 0 Å². The molecule has 1 unspecified atom stereocenters. The van der Waals surface area contributed by atoms with Gasteiger partial charge in [0.2, 0.25) is 5.91 Å². The Morgan fingerprint density at radius 2 is 1.74 bits per heavy atom. The summed E-state index contributed by atoms with van der Waals surface area (Å²) in [5.41, 5.74) is 0.990. The van der Waals surface area contributed by atoms with Gasteiger partial charge in [-0.15, -0.1) is 0 Å². The molecule has 0 spiro atoms. The molecule has 3 atom stereocenters. The summed E-state index contributed by atoms with van der Waals surface area (Å²) in [4.78, 5) is 30.5. The first-order valence-electron chi connectivity index (χ1n) is 9.66. The number of carbonyl (C=O) groups is 2. The molecule has 1 aromatic carbocycles. The van der Waals surface area contributed by atoms with Crippen molar-refractivity contribution in [2.24, 2.45) is 5.92 Å². The predicted molar refractivity (Wildman–Crippen MR) is 101 cm³/mol. The molecule has 1 amide bonds. The highest BCUT2D eigenvalue weighted by Gasteiger charge is 2.38. The Hall–Kier alpha value is -2.15. The summed E-state index contributed by atoms with van der Waals surface area (Å²) in [7, 11) is 0. The van der Waals surface area contributed by atoms with E-state index in [9.17, 15) is 19.1 Å². The first-order valence-corrected chi connectivity index (χ1v) is 9.66. The molecule has 0 saturated carbocycles. The third kappa shape index (κ3) is 4.24. The average Bonchev–Trinajstić information content (AvgIpc) is 2.67. The number of carboxylic acids is 1. The van der Waals surface area contributed by atoms with Crippen LogP contribution in [0.3, 0.4) is 0 Å². The van der Waals surface area contributed by atoms with E-state index in [0.29, 0.717) is 13.0 Å². The number of rotatable bonds is 4. The topological polar surface area (TPSA) is 64.1 Å². The highest BCUT2D eigenvalue weighted by Crippen LogP contribution is 2.25. The van der Waals surface area contributed by atoms with Gasteiger partial charge < -0.3 is 14.9 Å². The van der Waals surface area contributed by atoms with Crippen molar-refractivity contribution in [3.05, 3.63) is 30.1 Å². The fraction of sp³-hybridized carbons (Fsp3) is 0.600. The fourth-order valence-electron chi connectivity index (χ4n) is 4.20. The first-order chi connectivity index (χ1) is 12.9. The second-order valence-corrected chi connectivity index (χ2v) is 7.53. The van der Waals surface area contributed by atoms with Gasteiger partial charge in [-0.1, -0.05) is 0 Å². The lowest BCUT2D eigenvalue weighted by Crippen LogP contribution is -2.58. The van der Waals surface area contributed by atoms with Crippen LogP contribution in [0, 0.1) is 11.7 Å². The van der Waals surface area contributed by atoms with E-state index in [1.807, 2.05) is 13.8 Å². The molecule has 0 radical (unpaired) electrons. The summed E-state index contributed by atoms with van der Waals surface area (Å²) in [6.45, 7) is 7.42. The lowest BCUT2D eigenvalue weighted by atomic mass is 9.90. The number of hydrogen-bond acceptors (Lipinski definition) is 4. The van der Waals surface area contributed by atoms with Gasteiger partial charge in [0.05, 0.1) is 12.0 Å². The average molecular weight is 377 g/mol. The van der Waals surface area contributed by atoms with Crippen LogP contribution in [0.15, 0.2) is 24.3 Å². The van der Waals surface area contributed by atoms with E-state index < -0.39 is 11.9 Å². The second kappa shape index (κ2) is 8.25. The maximum absolute atomic E-state index is 13.1. The van der Waals surface area contributed by atoms with Crippen molar-refractivity contribution in [3.63, 3.8) is 0 Å². The predicted octanol–water partition coefficient (Wildman–Crippen LogP) is 2.05.